The molecule has 14 heteroatoms. The van der Waals surface area contributed by atoms with Gasteiger partial charge in [0, 0.05) is 5.56 Å². The quantitative estimate of drug-likeness (QED) is 0.139. The van der Waals surface area contributed by atoms with Gasteiger partial charge in [-0.3, -0.25) is 10.2 Å². The van der Waals surface area contributed by atoms with Gasteiger partial charge in [-0.25, -0.2) is 14.7 Å². The molecule has 2 N–H and O–H groups in total. The van der Waals surface area contributed by atoms with Crippen molar-refractivity contribution >= 4 is 34.8 Å². The zero-order valence-corrected chi connectivity index (χ0v) is 23.4. The van der Waals surface area contributed by atoms with Gasteiger partial charge >= 0.3 is 12.3 Å². The summed E-state index contributed by atoms with van der Waals surface area (Å²) < 4.78 is 47.8. The van der Waals surface area contributed by atoms with Crippen molar-refractivity contribution < 1.29 is 32.5 Å². The summed E-state index contributed by atoms with van der Waals surface area (Å²) in [4.78, 5) is 20.0. The Bertz CT molecular complexity index is 1580. The molecule has 0 bridgehead atoms. The maximum Gasteiger partial charge on any atom is 0.573 e. The molecule has 4 aromatic rings. The number of aliphatic imine (C=N–C) groups is 1. The summed E-state index contributed by atoms with van der Waals surface area (Å²) in [5.41, 5.74) is 7.21. The number of alkyl halides is 3. The fourth-order valence-corrected chi connectivity index (χ4v) is 4.27. The lowest BCUT2D eigenvalue weighted by molar-refractivity contribution is -0.274. The number of ether oxygens (including phenoxy) is 2. The highest BCUT2D eigenvalue weighted by molar-refractivity contribution is 8.14. The monoisotopic (exact) mass is 598 g/mol. The molecule has 3 aromatic carbocycles. The minimum atomic E-state index is -4.76. The Hall–Kier alpha value is -4.85. The van der Waals surface area contributed by atoms with Crippen LogP contribution in [0.2, 0.25) is 0 Å². The van der Waals surface area contributed by atoms with Gasteiger partial charge in [-0.05, 0) is 66.9 Å². The lowest BCUT2D eigenvalue weighted by Gasteiger charge is -2.10. The first-order valence-electron chi connectivity index (χ1n) is 12.3. The normalized spacial score (nSPS) is 12.0. The SMILES string of the molecule is COc1cc(C)c(N=C(N/N=C\c2ccc(-c3ncn(-c4ccc(OC(F)(F)F)cc4)n3)cc2)SCC(=O)O)c(C)c1. The fraction of sp³-hybridized carbons (Fsp3) is 0.179. The van der Waals surface area contributed by atoms with Crippen LogP contribution in [0.25, 0.3) is 17.1 Å². The average Bonchev–Trinajstić information content (AvgIpc) is 3.43. The second-order valence-corrected chi connectivity index (χ2v) is 9.72. The number of carboxylic acids is 1. The van der Waals surface area contributed by atoms with Crippen molar-refractivity contribution in [2.45, 2.75) is 20.2 Å². The van der Waals surface area contributed by atoms with E-state index in [0.29, 0.717) is 33.7 Å². The van der Waals surface area contributed by atoms with Crippen LogP contribution >= 0.6 is 11.8 Å². The van der Waals surface area contributed by atoms with Gasteiger partial charge in [-0.1, -0.05) is 36.0 Å². The number of methoxy groups -OCH3 is 1. The van der Waals surface area contributed by atoms with Crippen LogP contribution < -0.4 is 14.9 Å². The Balaban J connectivity index is 1.44. The minimum Gasteiger partial charge on any atom is -0.497 e. The van der Waals surface area contributed by atoms with Crippen LogP contribution in [0.15, 0.2) is 77.1 Å². The number of hydrazone groups is 1. The molecule has 0 unspecified atom stereocenters. The van der Waals surface area contributed by atoms with E-state index in [9.17, 15) is 18.0 Å². The molecule has 0 fully saturated rings. The maximum absolute atomic E-state index is 12.4. The number of amidine groups is 1. The zero-order chi connectivity index (χ0) is 30.3. The summed E-state index contributed by atoms with van der Waals surface area (Å²) in [7, 11) is 1.58. The molecular weight excluding hydrogens is 573 g/mol. The summed E-state index contributed by atoms with van der Waals surface area (Å²) in [6, 6.07) is 16.1. The maximum atomic E-state index is 12.4. The van der Waals surface area contributed by atoms with Gasteiger partial charge in [-0.2, -0.15) is 5.10 Å². The Morgan fingerprint density at radius 2 is 1.74 bits per heavy atom. The Labute approximate surface area is 242 Å². The molecule has 0 atom stereocenters. The van der Waals surface area contributed by atoms with E-state index in [2.05, 4.69) is 30.3 Å². The van der Waals surface area contributed by atoms with Crippen LogP contribution in [-0.2, 0) is 4.79 Å². The number of hydrogen-bond acceptors (Lipinski definition) is 8. The largest absolute Gasteiger partial charge is 0.573 e. The minimum absolute atomic E-state index is 0.199. The number of rotatable bonds is 9. The molecule has 1 aromatic heterocycles. The second-order valence-electron chi connectivity index (χ2n) is 8.76. The molecule has 1 heterocycles. The van der Waals surface area contributed by atoms with Gasteiger partial charge in [-0.15, -0.1) is 18.3 Å². The highest BCUT2D eigenvalue weighted by Crippen LogP contribution is 2.29. The number of carbonyl (C=O) groups is 1. The van der Waals surface area contributed by atoms with E-state index in [1.54, 1.807) is 37.6 Å². The van der Waals surface area contributed by atoms with Crippen LogP contribution in [0.3, 0.4) is 0 Å². The number of benzene rings is 3. The molecule has 0 spiro atoms. The zero-order valence-electron chi connectivity index (χ0n) is 22.6. The second kappa shape index (κ2) is 13.2. The molecule has 0 aliphatic carbocycles. The molecule has 0 radical (unpaired) electrons. The molecular formula is C28H25F3N6O4S. The standard InChI is InChI=1S/C28H25F3N6O4S/c1-17-12-23(40-3)13-18(2)25(17)34-27(42-15-24(38)39)35-33-14-19-4-6-20(7-5-19)26-32-16-37(36-26)21-8-10-22(11-9-21)41-28(29,30)31/h4-14,16H,15H2,1-3H3,(H,34,35)(H,38,39)/b33-14-. The smallest absolute Gasteiger partial charge is 0.497 e. The third-order valence-electron chi connectivity index (χ3n) is 5.62. The van der Waals surface area contributed by atoms with Gasteiger partial charge in [0.25, 0.3) is 0 Å². The summed E-state index contributed by atoms with van der Waals surface area (Å²) in [6.07, 6.45) is -1.75. The van der Waals surface area contributed by atoms with Gasteiger partial charge in [0.15, 0.2) is 11.0 Å². The number of halogens is 3. The molecule has 218 valence electrons. The number of nitrogens with one attached hydrogen (secondary N) is 1. The van der Waals surface area contributed by atoms with E-state index >= 15 is 0 Å². The third kappa shape index (κ3) is 8.33. The molecule has 0 aliphatic rings. The van der Waals surface area contributed by atoms with Crippen molar-refractivity contribution in [2.75, 3.05) is 12.9 Å². The van der Waals surface area contributed by atoms with Crippen molar-refractivity contribution in [2.24, 2.45) is 10.1 Å². The number of nitrogens with zero attached hydrogens (tertiary/aromatic N) is 5. The Kier molecular flexibility index (Phi) is 9.47. The molecule has 42 heavy (non-hydrogen) atoms. The first-order chi connectivity index (χ1) is 20.0. The number of hydrogen-bond donors (Lipinski definition) is 2. The number of aryl methyl sites for hydroxylation is 2. The summed E-state index contributed by atoms with van der Waals surface area (Å²) in [5.74, 6) is -0.398. The van der Waals surface area contributed by atoms with E-state index in [1.807, 2.05) is 26.0 Å². The number of carboxylic acid groups (broad SMARTS) is 1. The van der Waals surface area contributed by atoms with E-state index in [1.165, 1.54) is 35.3 Å². The van der Waals surface area contributed by atoms with Crippen molar-refractivity contribution in [3.05, 3.63) is 83.7 Å². The molecule has 4 rings (SSSR count). The highest BCUT2D eigenvalue weighted by Gasteiger charge is 2.31. The van der Waals surface area contributed by atoms with Crippen molar-refractivity contribution in [3.63, 3.8) is 0 Å². The van der Waals surface area contributed by atoms with Crippen LogP contribution in [-0.4, -0.2) is 56.4 Å². The van der Waals surface area contributed by atoms with Crippen LogP contribution in [0, 0.1) is 13.8 Å². The molecule has 0 aliphatic heterocycles. The molecule has 0 amide bonds. The Morgan fingerprint density at radius 1 is 1.07 bits per heavy atom. The predicted octanol–water partition coefficient (Wildman–Crippen LogP) is 5.89. The number of thioether (sulfide) groups is 1. The summed E-state index contributed by atoms with van der Waals surface area (Å²) in [6.45, 7) is 3.78. The summed E-state index contributed by atoms with van der Waals surface area (Å²) >= 11 is 1.01. The average molecular weight is 599 g/mol. The van der Waals surface area contributed by atoms with Crippen molar-refractivity contribution in [1.82, 2.24) is 20.2 Å². The molecule has 0 saturated carbocycles. The van der Waals surface area contributed by atoms with Crippen LogP contribution in [0.1, 0.15) is 16.7 Å². The van der Waals surface area contributed by atoms with E-state index in [0.717, 1.165) is 28.5 Å². The van der Waals surface area contributed by atoms with Crippen LogP contribution in [0.4, 0.5) is 18.9 Å². The number of aliphatic carboxylic acids is 1. The lowest BCUT2D eigenvalue weighted by atomic mass is 10.1. The van der Waals surface area contributed by atoms with Gasteiger partial charge in [0.2, 0.25) is 0 Å². The van der Waals surface area contributed by atoms with E-state index < -0.39 is 12.3 Å². The first-order valence-corrected chi connectivity index (χ1v) is 13.2. The van der Waals surface area contributed by atoms with Gasteiger partial charge in [0.1, 0.15) is 17.8 Å². The van der Waals surface area contributed by atoms with Gasteiger partial charge < -0.3 is 14.6 Å². The molecule has 10 nitrogen and oxygen atoms in total. The van der Waals surface area contributed by atoms with Crippen LogP contribution in [0.5, 0.6) is 11.5 Å². The first kappa shape index (κ1) is 30.1. The topological polar surface area (TPSA) is 123 Å². The fourth-order valence-electron chi connectivity index (χ4n) is 3.73. The van der Waals surface area contributed by atoms with E-state index in [4.69, 9.17) is 9.84 Å². The lowest BCUT2D eigenvalue weighted by Crippen LogP contribution is -2.17. The summed E-state index contributed by atoms with van der Waals surface area (Å²) in [5, 5.41) is 18.1. The predicted molar refractivity (Wildman–Crippen MR) is 154 cm³/mol. The number of aromatic nitrogens is 3. The Morgan fingerprint density at radius 3 is 2.33 bits per heavy atom. The molecule has 0 saturated heterocycles. The van der Waals surface area contributed by atoms with Gasteiger partial charge in [0.05, 0.1) is 30.5 Å². The third-order valence-corrected chi connectivity index (χ3v) is 6.46. The van der Waals surface area contributed by atoms with E-state index in [-0.39, 0.29) is 11.5 Å². The van der Waals surface area contributed by atoms with Crippen molar-refractivity contribution in [3.8, 4) is 28.6 Å². The highest BCUT2D eigenvalue weighted by atomic mass is 32.2. The van der Waals surface area contributed by atoms with Crippen molar-refractivity contribution in [1.29, 1.82) is 0 Å².